The molecule has 1 unspecified atom stereocenters. The van der Waals surface area contributed by atoms with E-state index in [4.69, 9.17) is 10.8 Å². The molecule has 10 heteroatoms. The maximum Gasteiger partial charge on any atom is 0.262 e. The fourth-order valence-corrected chi connectivity index (χ4v) is 4.58. The highest BCUT2D eigenvalue weighted by Crippen LogP contribution is 2.29. The number of carbonyl (C=O) groups excluding carboxylic acids is 1. The standard InChI is InChI=1S/C26H30FN7OS/c1-15-19(14-32(5)31-15)17-8-10-22-30-12-21(34(22)13-17)16-7-9-18(20(27)11-16)23(35)33(6)25(29)36-24(28)26(2,3)4/h7-15,28-29,31H,1-6H3. The summed E-state index contributed by atoms with van der Waals surface area (Å²) in [5.74, 6) is -1.32. The van der Waals surface area contributed by atoms with Crippen molar-refractivity contribution < 1.29 is 9.18 Å². The van der Waals surface area contributed by atoms with Crippen LogP contribution < -0.4 is 5.43 Å². The van der Waals surface area contributed by atoms with Crippen molar-refractivity contribution in [2.75, 3.05) is 14.1 Å². The van der Waals surface area contributed by atoms with Crippen LogP contribution in [0.3, 0.4) is 0 Å². The molecule has 3 N–H and O–H groups in total. The van der Waals surface area contributed by atoms with Gasteiger partial charge in [0.25, 0.3) is 5.91 Å². The fourth-order valence-electron chi connectivity index (χ4n) is 3.86. The van der Waals surface area contributed by atoms with Gasteiger partial charge in [-0.05, 0) is 54.1 Å². The van der Waals surface area contributed by atoms with Crippen LogP contribution in [-0.4, -0.2) is 55.5 Å². The molecule has 1 aliphatic heterocycles. The quantitative estimate of drug-likeness (QED) is 0.339. The second kappa shape index (κ2) is 9.51. The molecular formula is C26H30FN7OS. The van der Waals surface area contributed by atoms with Crippen LogP contribution in [0.25, 0.3) is 22.5 Å². The van der Waals surface area contributed by atoms with Gasteiger partial charge in [-0.3, -0.25) is 24.9 Å². The number of pyridine rings is 1. The Morgan fingerprint density at radius 2 is 1.89 bits per heavy atom. The minimum absolute atomic E-state index is 0.131. The molecule has 188 valence electrons. The number of amides is 1. The molecule has 2 aromatic heterocycles. The van der Waals surface area contributed by atoms with Gasteiger partial charge in [0.2, 0.25) is 0 Å². The number of aromatic nitrogens is 2. The number of imidazole rings is 1. The molecule has 1 atom stereocenters. The zero-order chi connectivity index (χ0) is 26.4. The van der Waals surface area contributed by atoms with Gasteiger partial charge in [0.05, 0.1) is 28.5 Å². The maximum absolute atomic E-state index is 15.2. The second-order valence-corrected chi connectivity index (χ2v) is 10.9. The molecule has 1 aliphatic rings. The summed E-state index contributed by atoms with van der Waals surface area (Å²) in [5.41, 5.74) is 6.91. The molecule has 36 heavy (non-hydrogen) atoms. The molecule has 3 heterocycles. The van der Waals surface area contributed by atoms with Crippen molar-refractivity contribution in [2.45, 2.75) is 33.7 Å². The predicted molar refractivity (Wildman–Crippen MR) is 144 cm³/mol. The number of thioether (sulfide) groups is 1. The monoisotopic (exact) mass is 507 g/mol. The number of nitrogens with one attached hydrogen (secondary N) is 3. The highest BCUT2D eigenvalue weighted by molar-refractivity contribution is 8.26. The van der Waals surface area contributed by atoms with E-state index >= 15 is 4.39 Å². The number of benzene rings is 1. The van der Waals surface area contributed by atoms with E-state index in [1.54, 1.807) is 12.3 Å². The Kier molecular flexibility index (Phi) is 6.76. The van der Waals surface area contributed by atoms with Crippen molar-refractivity contribution in [3.63, 3.8) is 0 Å². The lowest BCUT2D eigenvalue weighted by Gasteiger charge is -2.23. The minimum atomic E-state index is -0.683. The summed E-state index contributed by atoms with van der Waals surface area (Å²) in [6, 6.07) is 8.52. The third-order valence-electron chi connectivity index (χ3n) is 6.02. The summed E-state index contributed by atoms with van der Waals surface area (Å²) >= 11 is 0.884. The van der Waals surface area contributed by atoms with Crippen LogP contribution in [0.5, 0.6) is 0 Å². The van der Waals surface area contributed by atoms with Crippen molar-refractivity contribution in [2.24, 2.45) is 5.41 Å². The number of amidine groups is 1. The first kappa shape index (κ1) is 25.6. The lowest BCUT2D eigenvalue weighted by molar-refractivity contribution is 0.0869. The van der Waals surface area contributed by atoms with Crippen LogP contribution in [0.4, 0.5) is 4.39 Å². The van der Waals surface area contributed by atoms with E-state index in [-0.39, 0.29) is 21.8 Å². The molecule has 0 spiro atoms. The van der Waals surface area contributed by atoms with Gasteiger partial charge in [0, 0.05) is 37.5 Å². The molecule has 4 rings (SSSR count). The van der Waals surface area contributed by atoms with E-state index in [0.717, 1.165) is 33.4 Å². The summed E-state index contributed by atoms with van der Waals surface area (Å²) in [6.07, 6.45) is 5.70. The molecule has 0 saturated carbocycles. The van der Waals surface area contributed by atoms with Crippen LogP contribution >= 0.6 is 11.8 Å². The molecule has 8 nitrogen and oxygen atoms in total. The topological polar surface area (TPSA) is 101 Å². The molecule has 0 saturated heterocycles. The predicted octanol–water partition coefficient (Wildman–Crippen LogP) is 5.08. The first-order chi connectivity index (χ1) is 16.9. The van der Waals surface area contributed by atoms with Crippen LogP contribution in [0.1, 0.15) is 43.6 Å². The lowest BCUT2D eigenvalue weighted by Crippen LogP contribution is -2.33. The largest absolute Gasteiger partial charge is 0.318 e. The van der Waals surface area contributed by atoms with Gasteiger partial charge in [0.15, 0.2) is 5.17 Å². The highest BCUT2D eigenvalue weighted by atomic mass is 32.2. The van der Waals surface area contributed by atoms with Crippen molar-refractivity contribution in [1.29, 1.82) is 10.8 Å². The molecule has 0 aliphatic carbocycles. The van der Waals surface area contributed by atoms with Crippen molar-refractivity contribution in [3.8, 4) is 11.3 Å². The Morgan fingerprint density at radius 3 is 2.50 bits per heavy atom. The van der Waals surface area contributed by atoms with Crippen molar-refractivity contribution in [1.82, 2.24) is 24.7 Å². The van der Waals surface area contributed by atoms with Crippen LogP contribution in [-0.2, 0) is 0 Å². The zero-order valence-electron chi connectivity index (χ0n) is 21.2. The van der Waals surface area contributed by atoms with E-state index < -0.39 is 17.1 Å². The Labute approximate surface area is 214 Å². The molecular weight excluding hydrogens is 477 g/mol. The normalized spacial score (nSPS) is 15.8. The average Bonchev–Trinajstić information content (AvgIpc) is 3.38. The Morgan fingerprint density at radius 1 is 1.19 bits per heavy atom. The van der Waals surface area contributed by atoms with Gasteiger partial charge < -0.3 is 5.01 Å². The SMILES string of the molecule is CC1NN(C)C=C1c1ccc2ncc(-c3ccc(C(=O)N(C)C(=N)SC(=N)C(C)(C)C)c(F)c3)n2c1. The number of nitrogens with zero attached hydrogens (tertiary/aromatic N) is 4. The Hall–Kier alpha value is -3.50. The number of fused-ring (bicyclic) bond motifs is 1. The average molecular weight is 508 g/mol. The summed E-state index contributed by atoms with van der Waals surface area (Å²) in [7, 11) is 3.36. The van der Waals surface area contributed by atoms with E-state index in [0.29, 0.717) is 11.3 Å². The van der Waals surface area contributed by atoms with Crippen molar-refractivity contribution >= 4 is 39.1 Å². The first-order valence-corrected chi connectivity index (χ1v) is 12.3. The maximum atomic E-state index is 15.2. The summed E-state index contributed by atoms with van der Waals surface area (Å²) in [4.78, 5) is 18.4. The van der Waals surface area contributed by atoms with E-state index in [9.17, 15) is 4.79 Å². The van der Waals surface area contributed by atoms with Gasteiger partial charge in [-0.15, -0.1) is 0 Å². The van der Waals surface area contributed by atoms with E-state index in [1.807, 2.05) is 61.8 Å². The number of hydrazine groups is 1. The molecule has 0 radical (unpaired) electrons. The molecule has 3 aromatic rings. The van der Waals surface area contributed by atoms with Gasteiger partial charge in [-0.1, -0.05) is 26.8 Å². The van der Waals surface area contributed by atoms with E-state index in [1.165, 1.54) is 19.2 Å². The second-order valence-electron chi connectivity index (χ2n) is 9.88. The van der Waals surface area contributed by atoms with Crippen LogP contribution in [0.15, 0.2) is 48.9 Å². The van der Waals surface area contributed by atoms with Gasteiger partial charge in [0.1, 0.15) is 11.5 Å². The van der Waals surface area contributed by atoms with Crippen LogP contribution in [0, 0.1) is 22.1 Å². The third kappa shape index (κ3) is 4.91. The van der Waals surface area contributed by atoms with Gasteiger partial charge >= 0.3 is 0 Å². The number of carbonyl (C=O) groups is 1. The third-order valence-corrected chi connectivity index (χ3v) is 7.30. The molecule has 0 fully saturated rings. The van der Waals surface area contributed by atoms with Crippen molar-refractivity contribution in [3.05, 3.63) is 65.9 Å². The van der Waals surface area contributed by atoms with Gasteiger partial charge in [-0.25, -0.2) is 14.8 Å². The smallest absolute Gasteiger partial charge is 0.262 e. The van der Waals surface area contributed by atoms with Crippen LogP contribution in [0.2, 0.25) is 0 Å². The summed E-state index contributed by atoms with van der Waals surface area (Å²) in [6.45, 7) is 7.67. The molecule has 1 aromatic carbocycles. The lowest BCUT2D eigenvalue weighted by atomic mass is 9.99. The van der Waals surface area contributed by atoms with Gasteiger partial charge in [-0.2, -0.15) is 0 Å². The highest BCUT2D eigenvalue weighted by Gasteiger charge is 2.25. The molecule has 0 bridgehead atoms. The fraction of sp³-hybridized carbons (Fsp3) is 0.308. The minimum Gasteiger partial charge on any atom is -0.318 e. The number of hydrogen-bond donors (Lipinski definition) is 3. The zero-order valence-corrected chi connectivity index (χ0v) is 22.0. The van der Waals surface area contributed by atoms with E-state index in [2.05, 4.69) is 17.3 Å². The summed E-state index contributed by atoms with van der Waals surface area (Å²) < 4.78 is 17.1. The molecule has 1 amide bonds. The summed E-state index contributed by atoms with van der Waals surface area (Å²) in [5, 5.41) is 18.3. The Bertz CT molecular complexity index is 1410. The number of rotatable bonds is 3. The first-order valence-electron chi connectivity index (χ1n) is 11.5. The number of hydrogen-bond acceptors (Lipinski definition) is 7. The number of halogens is 1. The Balaban J connectivity index is 1.61.